The molecule has 1 aliphatic rings. The van der Waals surface area contributed by atoms with Crippen LogP contribution in [0.3, 0.4) is 0 Å². The van der Waals surface area contributed by atoms with Crippen LogP contribution in [0.1, 0.15) is 48.6 Å². The molecule has 8 heteroatoms. The summed E-state index contributed by atoms with van der Waals surface area (Å²) in [5.41, 5.74) is 3.51. The van der Waals surface area contributed by atoms with E-state index in [-0.39, 0.29) is 18.2 Å². The number of unbranched alkanes of at least 4 members (excludes halogenated alkanes) is 1. The minimum Gasteiger partial charge on any atom is -0.497 e. The van der Waals surface area contributed by atoms with Gasteiger partial charge in [-0.05, 0) is 48.6 Å². The van der Waals surface area contributed by atoms with Gasteiger partial charge in [0.2, 0.25) is 11.8 Å². The smallest absolute Gasteiger partial charge is 0.245 e. The van der Waals surface area contributed by atoms with Gasteiger partial charge in [-0.1, -0.05) is 49.7 Å². The van der Waals surface area contributed by atoms with E-state index in [1.165, 1.54) is 0 Å². The molecule has 1 fully saturated rings. The fourth-order valence-electron chi connectivity index (χ4n) is 4.92. The first kappa shape index (κ1) is 27.4. The third kappa shape index (κ3) is 6.61. The molecule has 2 aromatic carbocycles. The van der Waals surface area contributed by atoms with Gasteiger partial charge in [0.15, 0.2) is 0 Å². The number of rotatable bonds is 13. The molecule has 0 spiro atoms. The van der Waals surface area contributed by atoms with Crippen LogP contribution in [0.25, 0.3) is 0 Å². The number of likely N-dealkylation sites (tertiary alicyclic amines) is 1. The number of amides is 2. The molecule has 0 saturated carbocycles. The van der Waals surface area contributed by atoms with E-state index in [1.54, 1.807) is 24.5 Å². The van der Waals surface area contributed by atoms with E-state index in [1.807, 2.05) is 36.4 Å². The largest absolute Gasteiger partial charge is 0.497 e. The van der Waals surface area contributed by atoms with Crippen LogP contribution in [-0.2, 0) is 32.8 Å². The van der Waals surface area contributed by atoms with E-state index in [0.29, 0.717) is 32.5 Å². The standard InChI is InChI=1S/C30H38N4O4/c1-4-5-16-38-30(26-9-7-6-8-22(26)2)19-34(20-30)29(36)27(17-23-10-13-25(37-3)14-11-23)33-28(35)15-12-24-18-31-21-32-24/h6-11,13-14,18,21,27H,4-5,12,15-17,19-20H2,1-3H3,(H,31,32)(H,33,35)/t27-/m1/s1. The zero-order valence-electron chi connectivity index (χ0n) is 22.5. The number of H-pyrrole nitrogens is 1. The molecule has 0 bridgehead atoms. The Bertz CT molecular complexity index is 1190. The van der Waals surface area contributed by atoms with Crippen molar-refractivity contribution in [1.82, 2.24) is 20.2 Å². The molecule has 4 rings (SSSR count). The second-order valence-electron chi connectivity index (χ2n) is 9.94. The number of benzene rings is 2. The van der Waals surface area contributed by atoms with Crippen LogP contribution in [0.15, 0.2) is 61.1 Å². The number of nitrogens with zero attached hydrogens (tertiary/aromatic N) is 2. The van der Waals surface area contributed by atoms with Crippen molar-refractivity contribution in [3.05, 3.63) is 83.4 Å². The highest BCUT2D eigenvalue weighted by Gasteiger charge is 2.49. The molecule has 0 radical (unpaired) electrons. The molecular formula is C30H38N4O4. The predicted octanol–water partition coefficient (Wildman–Crippen LogP) is 3.94. The van der Waals surface area contributed by atoms with E-state index in [2.05, 4.69) is 41.3 Å². The first-order valence-corrected chi connectivity index (χ1v) is 13.3. The summed E-state index contributed by atoms with van der Waals surface area (Å²) in [6.07, 6.45) is 6.53. The molecular weight excluding hydrogens is 480 g/mol. The van der Waals surface area contributed by atoms with Crippen molar-refractivity contribution >= 4 is 11.8 Å². The Balaban J connectivity index is 1.48. The maximum atomic E-state index is 13.8. The number of hydrogen-bond acceptors (Lipinski definition) is 5. The third-order valence-electron chi connectivity index (χ3n) is 7.11. The normalized spacial score (nSPS) is 15.0. The maximum absolute atomic E-state index is 13.8. The first-order chi connectivity index (χ1) is 18.4. The van der Waals surface area contributed by atoms with Crippen molar-refractivity contribution in [2.75, 3.05) is 26.8 Å². The summed E-state index contributed by atoms with van der Waals surface area (Å²) in [7, 11) is 1.62. The Hall–Kier alpha value is -3.65. The molecule has 3 aromatic rings. The minimum atomic E-state index is -0.680. The van der Waals surface area contributed by atoms with Crippen LogP contribution in [0.5, 0.6) is 5.75 Å². The Morgan fingerprint density at radius 3 is 2.58 bits per heavy atom. The molecule has 2 amide bonds. The fraction of sp³-hybridized carbons (Fsp3) is 0.433. The number of nitrogens with one attached hydrogen (secondary N) is 2. The molecule has 8 nitrogen and oxygen atoms in total. The Kier molecular flexibility index (Phi) is 9.18. The first-order valence-electron chi connectivity index (χ1n) is 13.3. The van der Waals surface area contributed by atoms with Gasteiger partial charge in [-0.15, -0.1) is 0 Å². The fourth-order valence-corrected chi connectivity index (χ4v) is 4.92. The lowest BCUT2D eigenvalue weighted by molar-refractivity contribution is -0.175. The Morgan fingerprint density at radius 1 is 1.16 bits per heavy atom. The Morgan fingerprint density at radius 2 is 1.92 bits per heavy atom. The number of hydrogen-bond donors (Lipinski definition) is 2. The number of aromatic nitrogens is 2. The van der Waals surface area contributed by atoms with Crippen LogP contribution < -0.4 is 10.1 Å². The van der Waals surface area contributed by atoms with Crippen molar-refractivity contribution in [3.63, 3.8) is 0 Å². The van der Waals surface area contributed by atoms with Gasteiger partial charge in [0.25, 0.3) is 0 Å². The van der Waals surface area contributed by atoms with Crippen molar-refractivity contribution < 1.29 is 19.1 Å². The van der Waals surface area contributed by atoms with Crippen molar-refractivity contribution in [2.24, 2.45) is 0 Å². The molecule has 0 unspecified atom stereocenters. The number of aryl methyl sites for hydroxylation is 2. The van der Waals surface area contributed by atoms with E-state index in [4.69, 9.17) is 9.47 Å². The van der Waals surface area contributed by atoms with Gasteiger partial charge in [-0.3, -0.25) is 9.59 Å². The van der Waals surface area contributed by atoms with Crippen LogP contribution in [-0.4, -0.2) is 59.5 Å². The average Bonchev–Trinajstić information content (AvgIpc) is 3.43. The number of ether oxygens (including phenoxy) is 2. The highest BCUT2D eigenvalue weighted by atomic mass is 16.5. The molecule has 0 aliphatic carbocycles. The molecule has 202 valence electrons. The van der Waals surface area contributed by atoms with Gasteiger partial charge in [0.05, 0.1) is 32.2 Å². The second-order valence-corrected chi connectivity index (χ2v) is 9.94. The van der Waals surface area contributed by atoms with Crippen LogP contribution in [0, 0.1) is 6.92 Å². The molecule has 1 atom stereocenters. The lowest BCUT2D eigenvalue weighted by Crippen LogP contribution is -2.66. The van der Waals surface area contributed by atoms with E-state index < -0.39 is 11.6 Å². The number of carbonyl (C=O) groups excluding carboxylic acids is 2. The molecule has 1 aliphatic heterocycles. The number of imidazole rings is 1. The lowest BCUT2D eigenvalue weighted by Gasteiger charge is -2.51. The SMILES string of the molecule is CCCCOC1(c2ccccc2C)CN(C(=O)[C@@H](Cc2ccc(OC)cc2)NC(=O)CCc2c[nH]cn2)C1. The zero-order valence-corrected chi connectivity index (χ0v) is 22.5. The minimum absolute atomic E-state index is 0.0998. The summed E-state index contributed by atoms with van der Waals surface area (Å²) >= 11 is 0. The van der Waals surface area contributed by atoms with E-state index in [0.717, 1.165) is 41.0 Å². The van der Waals surface area contributed by atoms with Crippen molar-refractivity contribution in [3.8, 4) is 5.75 Å². The van der Waals surface area contributed by atoms with Gasteiger partial charge in [-0.2, -0.15) is 0 Å². The van der Waals surface area contributed by atoms with Gasteiger partial charge in [0.1, 0.15) is 17.4 Å². The van der Waals surface area contributed by atoms with Gasteiger partial charge < -0.3 is 24.7 Å². The Labute approximate surface area is 224 Å². The van der Waals surface area contributed by atoms with Gasteiger partial charge in [-0.25, -0.2) is 4.98 Å². The van der Waals surface area contributed by atoms with Crippen LogP contribution in [0.4, 0.5) is 0 Å². The van der Waals surface area contributed by atoms with Gasteiger partial charge in [0, 0.05) is 25.6 Å². The summed E-state index contributed by atoms with van der Waals surface area (Å²) in [6, 6.07) is 15.1. The third-order valence-corrected chi connectivity index (χ3v) is 7.11. The molecule has 2 heterocycles. The highest BCUT2D eigenvalue weighted by molar-refractivity contribution is 5.88. The second kappa shape index (κ2) is 12.7. The predicted molar refractivity (Wildman–Crippen MR) is 146 cm³/mol. The summed E-state index contributed by atoms with van der Waals surface area (Å²) in [5, 5.41) is 3.00. The topological polar surface area (TPSA) is 96.5 Å². The molecule has 1 aromatic heterocycles. The van der Waals surface area contributed by atoms with E-state index >= 15 is 0 Å². The molecule has 38 heavy (non-hydrogen) atoms. The summed E-state index contributed by atoms with van der Waals surface area (Å²) in [4.78, 5) is 35.5. The quantitative estimate of drug-likeness (QED) is 0.334. The average molecular weight is 519 g/mol. The number of methoxy groups -OCH3 is 1. The molecule has 2 N–H and O–H groups in total. The van der Waals surface area contributed by atoms with Crippen molar-refractivity contribution in [1.29, 1.82) is 0 Å². The highest BCUT2D eigenvalue weighted by Crippen LogP contribution is 2.38. The van der Waals surface area contributed by atoms with Crippen molar-refractivity contribution in [2.45, 2.75) is 57.6 Å². The summed E-state index contributed by atoms with van der Waals surface area (Å²) in [5.74, 6) is 0.469. The summed E-state index contributed by atoms with van der Waals surface area (Å²) < 4.78 is 11.7. The monoisotopic (exact) mass is 518 g/mol. The van der Waals surface area contributed by atoms with Crippen LogP contribution >= 0.6 is 0 Å². The zero-order chi connectivity index (χ0) is 27.0. The maximum Gasteiger partial charge on any atom is 0.245 e. The lowest BCUT2D eigenvalue weighted by atomic mass is 9.82. The molecule has 1 saturated heterocycles. The van der Waals surface area contributed by atoms with E-state index in [9.17, 15) is 9.59 Å². The van der Waals surface area contributed by atoms with Crippen LogP contribution in [0.2, 0.25) is 0 Å². The number of carbonyl (C=O) groups is 2. The van der Waals surface area contributed by atoms with Gasteiger partial charge >= 0.3 is 0 Å². The number of aromatic amines is 1. The summed E-state index contributed by atoms with van der Waals surface area (Å²) in [6.45, 7) is 5.78.